The van der Waals surface area contributed by atoms with Crippen LogP contribution in [0.4, 0.5) is 4.39 Å². The van der Waals surface area contributed by atoms with Gasteiger partial charge in [-0.2, -0.15) is 0 Å². The van der Waals surface area contributed by atoms with Gasteiger partial charge in [0.15, 0.2) is 0 Å². The van der Waals surface area contributed by atoms with Gasteiger partial charge >= 0.3 is 0 Å². The second kappa shape index (κ2) is 5.57. The second-order valence-electron chi connectivity index (χ2n) is 2.92. The van der Waals surface area contributed by atoms with Crippen LogP contribution in [-0.2, 0) is 6.54 Å². The summed E-state index contributed by atoms with van der Waals surface area (Å²) in [5, 5.41) is 3.08. The molecule has 0 amide bonds. The van der Waals surface area contributed by atoms with Crippen molar-refractivity contribution in [1.29, 1.82) is 0 Å². The van der Waals surface area contributed by atoms with Gasteiger partial charge in [-0.15, -0.1) is 0 Å². The number of hydrogen-bond donors (Lipinski definition) is 2. The average Bonchev–Trinajstić information content (AvgIpc) is 2.19. The van der Waals surface area contributed by atoms with E-state index in [0.717, 1.165) is 5.56 Å². The highest BCUT2D eigenvalue weighted by Gasteiger charge is 2.03. The summed E-state index contributed by atoms with van der Waals surface area (Å²) in [6.07, 6.45) is 0. The van der Waals surface area contributed by atoms with E-state index in [9.17, 15) is 4.39 Å². The predicted molar refractivity (Wildman–Crippen MR) is 53.7 cm³/mol. The first-order valence-corrected chi connectivity index (χ1v) is 4.51. The van der Waals surface area contributed by atoms with Crippen LogP contribution in [0.5, 0.6) is 5.75 Å². The van der Waals surface area contributed by atoms with Gasteiger partial charge in [0.05, 0.1) is 7.11 Å². The molecule has 0 aliphatic carbocycles. The monoisotopic (exact) mass is 198 g/mol. The van der Waals surface area contributed by atoms with Crippen molar-refractivity contribution in [2.75, 3.05) is 20.2 Å². The van der Waals surface area contributed by atoms with Crippen molar-refractivity contribution in [2.24, 2.45) is 5.73 Å². The predicted octanol–water partition coefficient (Wildman–Crippen LogP) is 0.883. The van der Waals surface area contributed by atoms with Crippen LogP contribution in [0.1, 0.15) is 5.56 Å². The first-order chi connectivity index (χ1) is 6.77. The third kappa shape index (κ3) is 2.97. The summed E-state index contributed by atoms with van der Waals surface area (Å²) in [7, 11) is 1.57. The molecule has 0 heterocycles. The van der Waals surface area contributed by atoms with E-state index in [4.69, 9.17) is 10.5 Å². The number of halogens is 1. The lowest BCUT2D eigenvalue weighted by atomic mass is 10.2. The first kappa shape index (κ1) is 10.9. The van der Waals surface area contributed by atoms with Crippen molar-refractivity contribution in [2.45, 2.75) is 6.54 Å². The molecule has 0 spiro atoms. The number of rotatable bonds is 5. The Morgan fingerprint density at radius 3 is 2.93 bits per heavy atom. The number of hydrogen-bond acceptors (Lipinski definition) is 3. The largest absolute Gasteiger partial charge is 0.496 e. The molecule has 1 aromatic rings. The van der Waals surface area contributed by atoms with E-state index in [1.54, 1.807) is 13.2 Å². The highest BCUT2D eigenvalue weighted by Crippen LogP contribution is 2.18. The summed E-state index contributed by atoms with van der Waals surface area (Å²) in [6, 6.07) is 4.46. The number of benzene rings is 1. The fourth-order valence-electron chi connectivity index (χ4n) is 1.21. The number of nitrogens with one attached hydrogen (secondary N) is 1. The lowest BCUT2D eigenvalue weighted by Crippen LogP contribution is -2.22. The molecule has 0 aliphatic rings. The van der Waals surface area contributed by atoms with Gasteiger partial charge in [-0.05, 0) is 18.2 Å². The smallest absolute Gasteiger partial charge is 0.123 e. The fraction of sp³-hybridized carbons (Fsp3) is 0.400. The van der Waals surface area contributed by atoms with Crippen LogP contribution in [0.3, 0.4) is 0 Å². The highest BCUT2D eigenvalue weighted by atomic mass is 19.1. The molecule has 0 aromatic heterocycles. The molecule has 1 rings (SSSR count). The molecule has 3 nitrogen and oxygen atoms in total. The van der Waals surface area contributed by atoms with Gasteiger partial charge in [0, 0.05) is 25.2 Å². The van der Waals surface area contributed by atoms with Crippen LogP contribution in [0.15, 0.2) is 18.2 Å². The fourth-order valence-corrected chi connectivity index (χ4v) is 1.21. The zero-order valence-electron chi connectivity index (χ0n) is 8.22. The van der Waals surface area contributed by atoms with E-state index < -0.39 is 0 Å². The number of nitrogens with two attached hydrogens (primary N) is 1. The minimum Gasteiger partial charge on any atom is -0.496 e. The van der Waals surface area contributed by atoms with E-state index in [-0.39, 0.29) is 5.82 Å². The van der Waals surface area contributed by atoms with Crippen molar-refractivity contribution < 1.29 is 9.13 Å². The van der Waals surface area contributed by atoms with Crippen LogP contribution < -0.4 is 15.8 Å². The molecule has 3 N–H and O–H groups in total. The molecule has 0 fully saturated rings. The quantitative estimate of drug-likeness (QED) is 0.690. The van der Waals surface area contributed by atoms with Crippen LogP contribution >= 0.6 is 0 Å². The highest BCUT2D eigenvalue weighted by molar-refractivity contribution is 5.33. The molecule has 78 valence electrons. The SMILES string of the molecule is COc1ccc(F)cc1CNCCN. The summed E-state index contributed by atoms with van der Waals surface area (Å²) >= 11 is 0. The summed E-state index contributed by atoms with van der Waals surface area (Å²) in [5.41, 5.74) is 6.13. The maximum atomic E-state index is 12.9. The lowest BCUT2D eigenvalue weighted by Gasteiger charge is -2.08. The normalized spacial score (nSPS) is 10.2. The third-order valence-corrected chi connectivity index (χ3v) is 1.88. The van der Waals surface area contributed by atoms with Crippen molar-refractivity contribution in [3.05, 3.63) is 29.6 Å². The minimum absolute atomic E-state index is 0.254. The number of ether oxygens (including phenoxy) is 1. The summed E-state index contributed by atoms with van der Waals surface area (Å²) in [5.74, 6) is 0.436. The van der Waals surface area contributed by atoms with Crippen molar-refractivity contribution in [3.8, 4) is 5.75 Å². The zero-order valence-corrected chi connectivity index (χ0v) is 8.22. The van der Waals surface area contributed by atoms with Crippen molar-refractivity contribution in [1.82, 2.24) is 5.32 Å². The maximum absolute atomic E-state index is 12.9. The van der Waals surface area contributed by atoms with E-state index >= 15 is 0 Å². The van der Waals surface area contributed by atoms with E-state index in [2.05, 4.69) is 5.32 Å². The first-order valence-electron chi connectivity index (χ1n) is 4.51. The van der Waals surface area contributed by atoms with Crippen LogP contribution in [0.25, 0.3) is 0 Å². The summed E-state index contributed by atoms with van der Waals surface area (Å²) in [6.45, 7) is 1.84. The molecule has 14 heavy (non-hydrogen) atoms. The van der Waals surface area contributed by atoms with Crippen molar-refractivity contribution >= 4 is 0 Å². The maximum Gasteiger partial charge on any atom is 0.123 e. The van der Waals surface area contributed by atoms with Gasteiger partial charge in [-0.1, -0.05) is 0 Å². The summed E-state index contributed by atoms with van der Waals surface area (Å²) in [4.78, 5) is 0. The Labute approximate surface area is 83.1 Å². The molecule has 4 heteroatoms. The minimum atomic E-state index is -0.254. The Hall–Kier alpha value is -1.13. The van der Waals surface area contributed by atoms with Crippen molar-refractivity contribution in [3.63, 3.8) is 0 Å². The zero-order chi connectivity index (χ0) is 10.4. The van der Waals surface area contributed by atoms with Gasteiger partial charge in [-0.25, -0.2) is 4.39 Å². The van der Waals surface area contributed by atoms with E-state index in [1.807, 2.05) is 0 Å². The molecule has 0 saturated carbocycles. The van der Waals surface area contributed by atoms with E-state index in [1.165, 1.54) is 12.1 Å². The Kier molecular flexibility index (Phi) is 4.35. The molecular weight excluding hydrogens is 183 g/mol. The Morgan fingerprint density at radius 2 is 2.29 bits per heavy atom. The van der Waals surface area contributed by atoms with Crippen LogP contribution in [0.2, 0.25) is 0 Å². The van der Waals surface area contributed by atoms with Crippen LogP contribution in [-0.4, -0.2) is 20.2 Å². The molecular formula is C10H15FN2O. The van der Waals surface area contributed by atoms with Gasteiger partial charge in [-0.3, -0.25) is 0 Å². The third-order valence-electron chi connectivity index (χ3n) is 1.88. The lowest BCUT2D eigenvalue weighted by molar-refractivity contribution is 0.406. The molecule has 0 aliphatic heterocycles. The van der Waals surface area contributed by atoms with Gasteiger partial charge in [0.25, 0.3) is 0 Å². The topological polar surface area (TPSA) is 47.3 Å². The van der Waals surface area contributed by atoms with Gasteiger partial charge in [0.1, 0.15) is 11.6 Å². The van der Waals surface area contributed by atoms with Gasteiger partial charge in [0.2, 0.25) is 0 Å². The molecule has 0 bridgehead atoms. The molecule has 0 radical (unpaired) electrons. The molecule has 0 unspecified atom stereocenters. The second-order valence-corrected chi connectivity index (χ2v) is 2.92. The summed E-state index contributed by atoms with van der Waals surface area (Å²) < 4.78 is 18.0. The molecule has 0 saturated heterocycles. The van der Waals surface area contributed by atoms with Gasteiger partial charge < -0.3 is 15.8 Å². The average molecular weight is 198 g/mol. The molecule has 1 aromatic carbocycles. The number of methoxy groups -OCH3 is 1. The van der Waals surface area contributed by atoms with Crippen LogP contribution in [0, 0.1) is 5.82 Å². The Bertz CT molecular complexity index is 291. The Morgan fingerprint density at radius 1 is 1.50 bits per heavy atom. The Balaban J connectivity index is 2.67. The standard InChI is InChI=1S/C10H15FN2O/c1-14-10-3-2-9(11)6-8(10)7-13-5-4-12/h2-3,6,13H,4-5,7,12H2,1H3. The van der Waals surface area contributed by atoms with E-state index in [0.29, 0.717) is 25.4 Å². The molecule has 0 atom stereocenters.